The van der Waals surface area contributed by atoms with Crippen molar-refractivity contribution in [1.29, 1.82) is 0 Å². The topological polar surface area (TPSA) is 38.7 Å². The summed E-state index contributed by atoms with van der Waals surface area (Å²) in [7, 11) is 0. The van der Waals surface area contributed by atoms with Gasteiger partial charge in [-0.15, -0.1) is 11.3 Å². The van der Waals surface area contributed by atoms with Crippen molar-refractivity contribution in [3.63, 3.8) is 0 Å². The Kier molecular flexibility index (Phi) is 6.00. The van der Waals surface area contributed by atoms with Crippen LogP contribution in [0.2, 0.25) is 0 Å². The van der Waals surface area contributed by atoms with E-state index >= 15 is 0 Å². The van der Waals surface area contributed by atoms with Crippen molar-refractivity contribution in [3.05, 3.63) is 152 Å². The standard InChI is InChI=1S/C41H25N3S/c1-2-12-27(13-3-1)39-42-40(44-41(43-39)34-18-10-20-37-38(34)33-17-8-9-19-36(33)45-37)31-24-29-15-6-7-16-32(29)35(25-31)30-22-21-26-11-4-5-14-28(26)23-30/h1-25H. The number of thiophene rings is 1. The summed E-state index contributed by atoms with van der Waals surface area (Å²) in [6, 6.07) is 53.4. The second-order valence-corrected chi connectivity index (χ2v) is 12.3. The molecule has 0 saturated carbocycles. The van der Waals surface area contributed by atoms with Gasteiger partial charge in [0.15, 0.2) is 17.5 Å². The predicted octanol–water partition coefficient (Wildman–Crippen LogP) is 11.2. The van der Waals surface area contributed by atoms with Crippen molar-refractivity contribution in [2.75, 3.05) is 0 Å². The second kappa shape index (κ2) is 10.5. The minimum Gasteiger partial charge on any atom is -0.208 e. The molecular formula is C41H25N3S. The van der Waals surface area contributed by atoms with Crippen LogP contribution in [-0.2, 0) is 0 Å². The molecule has 7 aromatic carbocycles. The first-order valence-corrected chi connectivity index (χ1v) is 15.8. The summed E-state index contributed by atoms with van der Waals surface area (Å²) in [6.45, 7) is 0. The summed E-state index contributed by atoms with van der Waals surface area (Å²) in [5.74, 6) is 1.99. The molecule has 0 fully saturated rings. The molecule has 9 rings (SSSR count). The Labute approximate surface area is 264 Å². The summed E-state index contributed by atoms with van der Waals surface area (Å²) < 4.78 is 2.48. The van der Waals surface area contributed by atoms with Crippen LogP contribution in [0.3, 0.4) is 0 Å². The number of hydrogen-bond donors (Lipinski definition) is 0. The van der Waals surface area contributed by atoms with Crippen LogP contribution >= 0.6 is 11.3 Å². The first-order valence-electron chi connectivity index (χ1n) is 15.0. The van der Waals surface area contributed by atoms with Crippen molar-refractivity contribution < 1.29 is 0 Å². The van der Waals surface area contributed by atoms with Crippen LogP contribution in [0, 0.1) is 0 Å². The summed E-state index contributed by atoms with van der Waals surface area (Å²) >= 11 is 1.80. The Balaban J connectivity index is 1.31. The molecule has 0 radical (unpaired) electrons. The molecule has 3 nitrogen and oxygen atoms in total. The number of hydrogen-bond acceptors (Lipinski definition) is 4. The Morgan fingerprint density at radius 1 is 0.356 bits per heavy atom. The zero-order valence-corrected chi connectivity index (χ0v) is 25.0. The highest BCUT2D eigenvalue weighted by Gasteiger charge is 2.18. The van der Waals surface area contributed by atoms with Gasteiger partial charge in [-0.05, 0) is 63.0 Å². The second-order valence-electron chi connectivity index (χ2n) is 11.3. The van der Waals surface area contributed by atoms with Crippen molar-refractivity contribution in [2.24, 2.45) is 0 Å². The molecule has 0 aliphatic rings. The molecule has 9 aromatic rings. The van der Waals surface area contributed by atoms with Gasteiger partial charge in [0.05, 0.1) is 0 Å². The van der Waals surface area contributed by atoms with Gasteiger partial charge in [-0.3, -0.25) is 0 Å². The van der Waals surface area contributed by atoms with Gasteiger partial charge in [0.2, 0.25) is 0 Å². The van der Waals surface area contributed by atoms with Crippen molar-refractivity contribution in [2.45, 2.75) is 0 Å². The van der Waals surface area contributed by atoms with Gasteiger partial charge >= 0.3 is 0 Å². The summed E-state index contributed by atoms with van der Waals surface area (Å²) in [5.41, 5.74) is 5.25. The Hall–Kier alpha value is -5.71. The van der Waals surface area contributed by atoms with Gasteiger partial charge in [-0.2, -0.15) is 0 Å². The summed E-state index contributed by atoms with van der Waals surface area (Å²) in [6.07, 6.45) is 0. The van der Waals surface area contributed by atoms with Crippen molar-refractivity contribution in [3.8, 4) is 45.3 Å². The zero-order valence-electron chi connectivity index (χ0n) is 24.2. The molecule has 0 bridgehead atoms. The number of aromatic nitrogens is 3. The van der Waals surface area contributed by atoms with Gasteiger partial charge in [-0.25, -0.2) is 15.0 Å². The molecule has 45 heavy (non-hydrogen) atoms. The van der Waals surface area contributed by atoms with E-state index in [-0.39, 0.29) is 0 Å². The fourth-order valence-electron chi connectivity index (χ4n) is 6.34. The molecule has 0 atom stereocenters. The Morgan fingerprint density at radius 2 is 1.00 bits per heavy atom. The summed E-state index contributed by atoms with van der Waals surface area (Å²) in [5, 5.41) is 7.20. The van der Waals surface area contributed by atoms with E-state index in [1.807, 2.05) is 18.2 Å². The highest BCUT2D eigenvalue weighted by atomic mass is 32.1. The number of rotatable bonds is 4. The molecule has 0 spiro atoms. The molecule has 2 aromatic heterocycles. The lowest BCUT2D eigenvalue weighted by Gasteiger charge is -2.13. The smallest absolute Gasteiger partial charge is 0.164 e. The lowest BCUT2D eigenvalue weighted by atomic mass is 9.94. The quantitative estimate of drug-likeness (QED) is 0.204. The maximum absolute atomic E-state index is 5.21. The first-order chi connectivity index (χ1) is 22.3. The van der Waals surface area contributed by atoms with Crippen LogP contribution in [0.15, 0.2) is 152 Å². The molecule has 0 amide bonds. The van der Waals surface area contributed by atoms with E-state index in [0.29, 0.717) is 17.5 Å². The molecule has 0 aliphatic carbocycles. The van der Waals surface area contributed by atoms with Gasteiger partial charge in [0.1, 0.15) is 0 Å². The maximum Gasteiger partial charge on any atom is 0.164 e. The van der Waals surface area contributed by atoms with Crippen LogP contribution in [0.4, 0.5) is 0 Å². The van der Waals surface area contributed by atoms with Crippen LogP contribution in [-0.4, -0.2) is 15.0 Å². The minimum atomic E-state index is 0.656. The lowest BCUT2D eigenvalue weighted by Crippen LogP contribution is -2.00. The fourth-order valence-corrected chi connectivity index (χ4v) is 7.47. The maximum atomic E-state index is 5.21. The molecule has 210 valence electrons. The zero-order chi connectivity index (χ0) is 29.7. The highest BCUT2D eigenvalue weighted by Crippen LogP contribution is 2.40. The third kappa shape index (κ3) is 4.46. The van der Waals surface area contributed by atoms with E-state index in [4.69, 9.17) is 15.0 Å². The third-order valence-electron chi connectivity index (χ3n) is 8.49. The van der Waals surface area contributed by atoms with Crippen LogP contribution in [0.5, 0.6) is 0 Å². The number of fused-ring (bicyclic) bond motifs is 5. The normalized spacial score (nSPS) is 11.6. The lowest BCUT2D eigenvalue weighted by molar-refractivity contribution is 1.08. The van der Waals surface area contributed by atoms with E-state index < -0.39 is 0 Å². The van der Waals surface area contributed by atoms with Gasteiger partial charge < -0.3 is 0 Å². The van der Waals surface area contributed by atoms with Gasteiger partial charge in [0.25, 0.3) is 0 Å². The average Bonchev–Trinajstić information content (AvgIpc) is 3.50. The largest absolute Gasteiger partial charge is 0.208 e. The number of nitrogens with zero attached hydrogens (tertiary/aromatic N) is 3. The van der Waals surface area contributed by atoms with Gasteiger partial charge in [-0.1, -0.05) is 121 Å². The third-order valence-corrected chi connectivity index (χ3v) is 9.63. The van der Waals surface area contributed by atoms with Crippen molar-refractivity contribution >= 4 is 53.1 Å². The van der Waals surface area contributed by atoms with E-state index in [2.05, 4.69) is 133 Å². The SMILES string of the molecule is c1ccc(-c2nc(-c3cc(-c4ccc5ccccc5c4)c4ccccc4c3)nc(-c3cccc4sc5ccccc5c34)n2)cc1. The monoisotopic (exact) mass is 591 g/mol. The molecule has 0 unspecified atom stereocenters. The Morgan fingerprint density at radius 3 is 1.87 bits per heavy atom. The van der Waals surface area contributed by atoms with Crippen LogP contribution < -0.4 is 0 Å². The van der Waals surface area contributed by atoms with E-state index in [0.717, 1.165) is 27.6 Å². The molecule has 0 saturated heterocycles. The molecule has 2 heterocycles. The highest BCUT2D eigenvalue weighted by molar-refractivity contribution is 7.25. The predicted molar refractivity (Wildman–Crippen MR) is 189 cm³/mol. The minimum absolute atomic E-state index is 0.656. The van der Waals surface area contributed by atoms with E-state index in [9.17, 15) is 0 Å². The number of benzene rings is 7. The van der Waals surface area contributed by atoms with Crippen LogP contribution in [0.1, 0.15) is 0 Å². The van der Waals surface area contributed by atoms with Crippen molar-refractivity contribution in [1.82, 2.24) is 15.0 Å². The molecular weight excluding hydrogens is 567 g/mol. The van der Waals surface area contributed by atoms with E-state index in [1.165, 1.54) is 41.9 Å². The average molecular weight is 592 g/mol. The molecule has 4 heteroatoms. The van der Waals surface area contributed by atoms with E-state index in [1.54, 1.807) is 11.3 Å². The summed E-state index contributed by atoms with van der Waals surface area (Å²) in [4.78, 5) is 15.4. The van der Waals surface area contributed by atoms with Crippen LogP contribution in [0.25, 0.3) is 87.0 Å². The fraction of sp³-hybridized carbons (Fsp3) is 0. The van der Waals surface area contributed by atoms with Gasteiger partial charge in [0, 0.05) is 36.9 Å². The molecule has 0 N–H and O–H groups in total. The molecule has 0 aliphatic heterocycles. The Bertz CT molecular complexity index is 2550. The first kappa shape index (κ1) is 25.8.